The topological polar surface area (TPSA) is 19.0 Å². The number of nitrogens with zero attached hydrogens (tertiary/aromatic N) is 1. The highest BCUT2D eigenvalue weighted by molar-refractivity contribution is 7.99. The SMILES string of the molecule is CN(Cc1cc2cc(F)ccc2[nH]1)[C@H]1CCSC1. The highest BCUT2D eigenvalue weighted by Gasteiger charge is 2.20. The third-order valence-corrected chi connectivity index (χ3v) is 4.73. The fourth-order valence-electron chi connectivity index (χ4n) is 2.52. The predicted molar refractivity (Wildman–Crippen MR) is 75.5 cm³/mol. The monoisotopic (exact) mass is 264 g/mol. The zero-order valence-electron chi connectivity index (χ0n) is 10.4. The molecule has 2 nitrogen and oxygen atoms in total. The van der Waals surface area contributed by atoms with E-state index in [1.54, 1.807) is 12.1 Å². The van der Waals surface area contributed by atoms with Gasteiger partial charge >= 0.3 is 0 Å². The summed E-state index contributed by atoms with van der Waals surface area (Å²) >= 11 is 2.03. The van der Waals surface area contributed by atoms with Gasteiger partial charge < -0.3 is 4.98 Å². The van der Waals surface area contributed by atoms with Gasteiger partial charge in [-0.1, -0.05) is 0 Å². The summed E-state index contributed by atoms with van der Waals surface area (Å²) < 4.78 is 13.1. The Morgan fingerprint density at radius 1 is 1.44 bits per heavy atom. The van der Waals surface area contributed by atoms with Gasteiger partial charge in [-0.3, -0.25) is 4.90 Å². The van der Waals surface area contributed by atoms with Crippen LogP contribution in [0.3, 0.4) is 0 Å². The molecule has 4 heteroatoms. The number of rotatable bonds is 3. The number of thioether (sulfide) groups is 1. The van der Waals surface area contributed by atoms with Gasteiger partial charge in [-0.15, -0.1) is 0 Å². The molecular weight excluding hydrogens is 247 g/mol. The van der Waals surface area contributed by atoms with Crippen molar-refractivity contribution in [2.45, 2.75) is 19.0 Å². The van der Waals surface area contributed by atoms with Gasteiger partial charge in [-0.25, -0.2) is 4.39 Å². The van der Waals surface area contributed by atoms with E-state index in [0.29, 0.717) is 6.04 Å². The second kappa shape index (κ2) is 4.94. The first-order chi connectivity index (χ1) is 8.72. The van der Waals surface area contributed by atoms with Crippen LogP contribution in [0.15, 0.2) is 24.3 Å². The van der Waals surface area contributed by atoms with Crippen molar-refractivity contribution in [3.63, 3.8) is 0 Å². The van der Waals surface area contributed by atoms with Gasteiger partial charge in [0.2, 0.25) is 0 Å². The minimum atomic E-state index is -0.173. The van der Waals surface area contributed by atoms with E-state index in [1.165, 1.54) is 24.0 Å². The maximum atomic E-state index is 13.1. The van der Waals surface area contributed by atoms with Gasteiger partial charge in [0.1, 0.15) is 5.82 Å². The highest BCUT2D eigenvalue weighted by atomic mass is 32.2. The third kappa shape index (κ3) is 2.40. The van der Waals surface area contributed by atoms with Crippen LogP contribution in [0.2, 0.25) is 0 Å². The summed E-state index contributed by atoms with van der Waals surface area (Å²) in [7, 11) is 2.17. The first kappa shape index (κ1) is 12.1. The molecule has 96 valence electrons. The molecule has 0 bridgehead atoms. The van der Waals surface area contributed by atoms with E-state index < -0.39 is 0 Å². The molecule has 1 aromatic heterocycles. The van der Waals surface area contributed by atoms with Gasteiger partial charge in [0.15, 0.2) is 0 Å². The van der Waals surface area contributed by atoms with Crippen molar-refractivity contribution in [3.8, 4) is 0 Å². The number of hydrogen-bond donors (Lipinski definition) is 1. The molecule has 18 heavy (non-hydrogen) atoms. The largest absolute Gasteiger partial charge is 0.357 e. The normalized spacial score (nSPS) is 20.1. The van der Waals surface area contributed by atoms with Gasteiger partial charge in [0.05, 0.1) is 0 Å². The average molecular weight is 264 g/mol. The van der Waals surface area contributed by atoms with Crippen LogP contribution >= 0.6 is 11.8 Å². The summed E-state index contributed by atoms with van der Waals surface area (Å²) in [5.74, 6) is 2.33. The van der Waals surface area contributed by atoms with Crippen molar-refractivity contribution in [2.24, 2.45) is 0 Å². The summed E-state index contributed by atoms with van der Waals surface area (Å²) in [5.41, 5.74) is 2.18. The summed E-state index contributed by atoms with van der Waals surface area (Å²) in [6, 6.07) is 7.62. The van der Waals surface area contributed by atoms with Gasteiger partial charge in [0, 0.05) is 34.9 Å². The number of H-pyrrole nitrogens is 1. The molecule has 1 atom stereocenters. The molecule has 1 N–H and O–H groups in total. The molecule has 0 unspecified atom stereocenters. The van der Waals surface area contributed by atoms with E-state index in [4.69, 9.17) is 0 Å². The molecule has 0 spiro atoms. The Bertz CT molecular complexity index is 546. The maximum absolute atomic E-state index is 13.1. The van der Waals surface area contributed by atoms with Crippen molar-refractivity contribution in [2.75, 3.05) is 18.6 Å². The second-order valence-corrected chi connectivity index (χ2v) is 6.11. The number of aromatic amines is 1. The molecule has 0 aliphatic carbocycles. The van der Waals surface area contributed by atoms with E-state index in [1.807, 2.05) is 11.8 Å². The molecule has 1 aliphatic rings. The van der Waals surface area contributed by atoms with Crippen LogP contribution in [-0.2, 0) is 6.54 Å². The van der Waals surface area contributed by atoms with E-state index in [9.17, 15) is 4.39 Å². The fourth-order valence-corrected chi connectivity index (χ4v) is 3.81. The fraction of sp³-hybridized carbons (Fsp3) is 0.429. The Morgan fingerprint density at radius 2 is 2.33 bits per heavy atom. The van der Waals surface area contributed by atoms with Crippen molar-refractivity contribution >= 4 is 22.7 Å². The summed E-state index contributed by atoms with van der Waals surface area (Å²) in [4.78, 5) is 5.75. The van der Waals surface area contributed by atoms with Crippen molar-refractivity contribution < 1.29 is 4.39 Å². The van der Waals surface area contributed by atoms with E-state index in [-0.39, 0.29) is 5.82 Å². The lowest BCUT2D eigenvalue weighted by Gasteiger charge is -2.22. The van der Waals surface area contributed by atoms with Crippen LogP contribution in [0.4, 0.5) is 4.39 Å². The number of aromatic nitrogens is 1. The first-order valence-electron chi connectivity index (χ1n) is 6.27. The Morgan fingerprint density at radius 3 is 3.11 bits per heavy atom. The lowest BCUT2D eigenvalue weighted by atomic mass is 10.2. The van der Waals surface area contributed by atoms with Gasteiger partial charge in [0.25, 0.3) is 0 Å². The Kier molecular flexibility index (Phi) is 3.31. The smallest absolute Gasteiger partial charge is 0.123 e. The van der Waals surface area contributed by atoms with Crippen molar-refractivity contribution in [3.05, 3.63) is 35.8 Å². The molecule has 2 aromatic rings. The van der Waals surface area contributed by atoms with Crippen LogP contribution < -0.4 is 0 Å². The van der Waals surface area contributed by atoms with Crippen molar-refractivity contribution in [1.82, 2.24) is 9.88 Å². The number of nitrogens with one attached hydrogen (secondary N) is 1. The Balaban J connectivity index is 1.77. The molecule has 1 saturated heterocycles. The molecule has 1 aliphatic heterocycles. The average Bonchev–Trinajstić information content (AvgIpc) is 2.95. The number of fused-ring (bicyclic) bond motifs is 1. The maximum Gasteiger partial charge on any atom is 0.123 e. The molecule has 3 rings (SSSR count). The van der Waals surface area contributed by atoms with Gasteiger partial charge in [-0.2, -0.15) is 11.8 Å². The van der Waals surface area contributed by atoms with Crippen LogP contribution in [0, 0.1) is 5.82 Å². The van der Waals surface area contributed by atoms with E-state index in [2.05, 4.69) is 23.0 Å². The predicted octanol–water partition coefficient (Wildman–Crippen LogP) is 3.24. The lowest BCUT2D eigenvalue weighted by Crippen LogP contribution is -2.30. The minimum absolute atomic E-state index is 0.173. The quantitative estimate of drug-likeness (QED) is 0.917. The zero-order valence-corrected chi connectivity index (χ0v) is 11.3. The number of halogens is 1. The standard InChI is InChI=1S/C14H17FN2S/c1-17(13-4-5-18-9-13)8-12-7-10-6-11(15)2-3-14(10)16-12/h2-3,6-7,13,16H,4-5,8-9H2,1H3/t13-/m0/s1. The molecular formula is C14H17FN2S. The molecule has 0 radical (unpaired) electrons. The molecule has 0 saturated carbocycles. The second-order valence-electron chi connectivity index (χ2n) is 4.96. The lowest BCUT2D eigenvalue weighted by molar-refractivity contribution is 0.252. The van der Waals surface area contributed by atoms with Crippen molar-refractivity contribution in [1.29, 1.82) is 0 Å². The van der Waals surface area contributed by atoms with Crippen LogP contribution in [0.5, 0.6) is 0 Å². The zero-order chi connectivity index (χ0) is 12.5. The first-order valence-corrected chi connectivity index (χ1v) is 7.43. The van der Waals surface area contributed by atoms with Gasteiger partial charge in [-0.05, 0) is 43.5 Å². The minimum Gasteiger partial charge on any atom is -0.357 e. The third-order valence-electron chi connectivity index (χ3n) is 3.59. The highest BCUT2D eigenvalue weighted by Crippen LogP contribution is 2.23. The Labute approximate surface area is 111 Å². The number of benzene rings is 1. The summed E-state index contributed by atoms with van der Waals surface area (Å²) in [6.45, 7) is 0.904. The molecule has 1 fully saturated rings. The van der Waals surface area contributed by atoms with Crippen LogP contribution in [-0.4, -0.2) is 34.5 Å². The Hall–Kier alpha value is -1.000. The molecule has 1 aromatic carbocycles. The molecule has 0 amide bonds. The van der Waals surface area contributed by atoms with E-state index >= 15 is 0 Å². The van der Waals surface area contributed by atoms with Crippen LogP contribution in [0.1, 0.15) is 12.1 Å². The molecule has 2 heterocycles. The van der Waals surface area contributed by atoms with E-state index in [0.717, 1.165) is 23.1 Å². The summed E-state index contributed by atoms with van der Waals surface area (Å²) in [5, 5.41) is 0.958. The number of hydrogen-bond acceptors (Lipinski definition) is 2. The van der Waals surface area contributed by atoms with Crippen LogP contribution in [0.25, 0.3) is 10.9 Å². The summed E-state index contributed by atoms with van der Waals surface area (Å²) in [6.07, 6.45) is 1.27.